The third-order valence-corrected chi connectivity index (χ3v) is 4.36. The summed E-state index contributed by atoms with van der Waals surface area (Å²) in [4.78, 5) is 1.98. The first kappa shape index (κ1) is 16.9. The molecule has 1 fully saturated rings. The van der Waals surface area contributed by atoms with E-state index >= 15 is 0 Å². The highest BCUT2D eigenvalue weighted by atomic mass is 19.1. The minimum Gasteiger partial charge on any atom is -0.393 e. The van der Waals surface area contributed by atoms with Crippen LogP contribution in [0.2, 0.25) is 0 Å². The number of anilines is 1. The summed E-state index contributed by atoms with van der Waals surface area (Å²) in [7, 11) is 0. The topological polar surface area (TPSA) is 35.5 Å². The van der Waals surface area contributed by atoms with Crippen LogP contribution in [0.15, 0.2) is 42.5 Å². The standard InChI is InChI=1S/C19H22F2N2O/c20-16-3-1-2-14(10-16)12-22-13-15-4-5-19(18(21)11-15)23-8-6-17(24)7-9-23/h1-5,10-11,17,22,24H,6-9,12-13H2. The van der Waals surface area contributed by atoms with E-state index in [2.05, 4.69) is 5.32 Å². The molecule has 3 rings (SSSR count). The van der Waals surface area contributed by atoms with Crippen LogP contribution in [-0.4, -0.2) is 24.3 Å². The highest BCUT2D eigenvalue weighted by molar-refractivity contribution is 5.49. The molecule has 1 saturated heterocycles. The fourth-order valence-corrected chi connectivity index (χ4v) is 3.02. The van der Waals surface area contributed by atoms with Crippen LogP contribution in [0.1, 0.15) is 24.0 Å². The van der Waals surface area contributed by atoms with Crippen molar-refractivity contribution in [2.24, 2.45) is 0 Å². The SMILES string of the molecule is OC1CCN(c2ccc(CNCc3cccc(F)c3)cc2F)CC1. The number of aliphatic hydroxyl groups is 1. The van der Waals surface area contributed by atoms with Crippen LogP contribution >= 0.6 is 0 Å². The lowest BCUT2D eigenvalue weighted by molar-refractivity contribution is 0.145. The fourth-order valence-electron chi connectivity index (χ4n) is 3.02. The molecule has 24 heavy (non-hydrogen) atoms. The molecule has 2 N–H and O–H groups in total. The first-order valence-corrected chi connectivity index (χ1v) is 8.28. The van der Waals surface area contributed by atoms with Crippen molar-refractivity contribution in [3.63, 3.8) is 0 Å². The molecule has 1 heterocycles. The van der Waals surface area contributed by atoms with Crippen molar-refractivity contribution in [2.45, 2.75) is 32.0 Å². The van der Waals surface area contributed by atoms with Crippen molar-refractivity contribution in [2.75, 3.05) is 18.0 Å². The summed E-state index contributed by atoms with van der Waals surface area (Å²) in [6.07, 6.45) is 1.09. The number of halogens is 2. The van der Waals surface area contributed by atoms with Gasteiger partial charge in [-0.25, -0.2) is 8.78 Å². The van der Waals surface area contributed by atoms with Gasteiger partial charge in [-0.2, -0.15) is 0 Å². The van der Waals surface area contributed by atoms with E-state index in [1.807, 2.05) is 17.0 Å². The van der Waals surface area contributed by atoms with Crippen LogP contribution in [0.25, 0.3) is 0 Å². The van der Waals surface area contributed by atoms with Crippen LogP contribution in [0, 0.1) is 11.6 Å². The van der Waals surface area contributed by atoms with Gasteiger partial charge in [-0.3, -0.25) is 0 Å². The second-order valence-electron chi connectivity index (χ2n) is 6.24. The Morgan fingerprint density at radius 2 is 1.71 bits per heavy atom. The summed E-state index contributed by atoms with van der Waals surface area (Å²) in [5, 5.41) is 12.7. The molecule has 0 amide bonds. The van der Waals surface area contributed by atoms with Gasteiger partial charge in [0.1, 0.15) is 11.6 Å². The Morgan fingerprint density at radius 3 is 2.38 bits per heavy atom. The second-order valence-corrected chi connectivity index (χ2v) is 6.24. The van der Waals surface area contributed by atoms with Crippen molar-refractivity contribution >= 4 is 5.69 Å². The zero-order valence-corrected chi connectivity index (χ0v) is 13.5. The fraction of sp³-hybridized carbons (Fsp3) is 0.368. The Hall–Kier alpha value is -1.98. The Balaban J connectivity index is 1.56. The number of nitrogens with one attached hydrogen (secondary N) is 1. The molecule has 0 aromatic heterocycles. The molecule has 0 spiro atoms. The van der Waals surface area contributed by atoms with E-state index in [0.717, 1.165) is 11.1 Å². The van der Waals surface area contributed by atoms with E-state index in [-0.39, 0.29) is 17.7 Å². The van der Waals surface area contributed by atoms with Gasteiger partial charge in [-0.15, -0.1) is 0 Å². The third kappa shape index (κ3) is 4.30. The van der Waals surface area contributed by atoms with Gasteiger partial charge in [-0.05, 0) is 48.2 Å². The number of hydrogen-bond acceptors (Lipinski definition) is 3. The summed E-state index contributed by atoms with van der Waals surface area (Å²) >= 11 is 0. The molecule has 0 atom stereocenters. The summed E-state index contributed by atoms with van der Waals surface area (Å²) in [6, 6.07) is 11.7. The van der Waals surface area contributed by atoms with Crippen LogP contribution in [0.3, 0.4) is 0 Å². The van der Waals surface area contributed by atoms with Crippen molar-refractivity contribution in [1.29, 1.82) is 0 Å². The average molecular weight is 332 g/mol. The predicted molar refractivity (Wildman–Crippen MR) is 90.8 cm³/mol. The Kier molecular flexibility index (Phi) is 5.43. The average Bonchev–Trinajstić information content (AvgIpc) is 2.56. The first-order chi connectivity index (χ1) is 11.6. The smallest absolute Gasteiger partial charge is 0.146 e. The lowest BCUT2D eigenvalue weighted by Gasteiger charge is -2.31. The summed E-state index contributed by atoms with van der Waals surface area (Å²) in [5.41, 5.74) is 2.31. The van der Waals surface area contributed by atoms with E-state index in [0.29, 0.717) is 44.7 Å². The Morgan fingerprint density at radius 1 is 1.00 bits per heavy atom. The number of piperidine rings is 1. The van der Waals surface area contributed by atoms with Crippen molar-refractivity contribution in [1.82, 2.24) is 5.32 Å². The Bertz CT molecular complexity index is 685. The van der Waals surface area contributed by atoms with Crippen molar-refractivity contribution in [3.8, 4) is 0 Å². The van der Waals surface area contributed by atoms with Gasteiger partial charge in [0.2, 0.25) is 0 Å². The molecule has 2 aromatic rings. The minimum atomic E-state index is -0.268. The maximum atomic E-state index is 14.4. The van der Waals surface area contributed by atoms with E-state index in [1.165, 1.54) is 12.1 Å². The van der Waals surface area contributed by atoms with Gasteiger partial charge in [0, 0.05) is 26.2 Å². The van der Waals surface area contributed by atoms with Gasteiger partial charge in [0.05, 0.1) is 11.8 Å². The number of rotatable bonds is 5. The van der Waals surface area contributed by atoms with Gasteiger partial charge in [0.25, 0.3) is 0 Å². The molecule has 0 radical (unpaired) electrons. The van der Waals surface area contributed by atoms with Crippen LogP contribution in [0.5, 0.6) is 0 Å². The molecule has 0 unspecified atom stereocenters. The number of hydrogen-bond donors (Lipinski definition) is 2. The number of nitrogens with zero attached hydrogens (tertiary/aromatic N) is 1. The first-order valence-electron chi connectivity index (χ1n) is 8.28. The van der Waals surface area contributed by atoms with Crippen LogP contribution in [-0.2, 0) is 13.1 Å². The molecular formula is C19H22F2N2O. The summed E-state index contributed by atoms with van der Waals surface area (Å²) < 4.78 is 27.5. The predicted octanol–water partition coefficient (Wildman–Crippen LogP) is 3.22. The number of aliphatic hydroxyl groups excluding tert-OH is 1. The Labute approximate surface area is 140 Å². The van der Waals surface area contributed by atoms with E-state index in [9.17, 15) is 13.9 Å². The molecule has 2 aromatic carbocycles. The molecule has 1 aliphatic rings. The lowest BCUT2D eigenvalue weighted by Crippen LogP contribution is -2.36. The highest BCUT2D eigenvalue weighted by Crippen LogP contribution is 2.24. The minimum absolute atomic E-state index is 0.239. The molecule has 128 valence electrons. The lowest BCUT2D eigenvalue weighted by atomic mass is 10.1. The van der Waals surface area contributed by atoms with Gasteiger partial charge >= 0.3 is 0 Å². The zero-order valence-electron chi connectivity index (χ0n) is 13.5. The third-order valence-electron chi connectivity index (χ3n) is 4.36. The molecule has 3 nitrogen and oxygen atoms in total. The monoisotopic (exact) mass is 332 g/mol. The maximum absolute atomic E-state index is 14.4. The maximum Gasteiger partial charge on any atom is 0.146 e. The molecule has 0 bridgehead atoms. The largest absolute Gasteiger partial charge is 0.393 e. The quantitative estimate of drug-likeness (QED) is 0.882. The normalized spacial score (nSPS) is 15.7. The van der Waals surface area contributed by atoms with E-state index < -0.39 is 0 Å². The van der Waals surface area contributed by atoms with E-state index in [1.54, 1.807) is 18.2 Å². The molecule has 5 heteroatoms. The molecule has 1 aliphatic heterocycles. The van der Waals surface area contributed by atoms with Gasteiger partial charge < -0.3 is 15.3 Å². The summed E-state index contributed by atoms with van der Waals surface area (Å²) in [6.45, 7) is 2.40. The van der Waals surface area contributed by atoms with Gasteiger partial charge in [0.15, 0.2) is 0 Å². The number of benzene rings is 2. The molecule has 0 saturated carbocycles. The zero-order chi connectivity index (χ0) is 16.9. The second kappa shape index (κ2) is 7.73. The van der Waals surface area contributed by atoms with Crippen LogP contribution < -0.4 is 10.2 Å². The summed E-state index contributed by atoms with van der Waals surface area (Å²) in [5.74, 6) is -0.493. The van der Waals surface area contributed by atoms with Crippen molar-refractivity contribution < 1.29 is 13.9 Å². The van der Waals surface area contributed by atoms with Gasteiger partial charge in [-0.1, -0.05) is 18.2 Å². The van der Waals surface area contributed by atoms with Crippen molar-refractivity contribution in [3.05, 3.63) is 65.2 Å². The van der Waals surface area contributed by atoms with Crippen LogP contribution in [0.4, 0.5) is 14.5 Å². The molecular weight excluding hydrogens is 310 g/mol. The highest BCUT2D eigenvalue weighted by Gasteiger charge is 2.19. The molecule has 0 aliphatic carbocycles. The van der Waals surface area contributed by atoms with E-state index in [4.69, 9.17) is 0 Å².